The Bertz CT molecular complexity index is 870. The first kappa shape index (κ1) is 21.4. The van der Waals surface area contributed by atoms with Gasteiger partial charge < -0.3 is 4.74 Å². The molecule has 2 aliphatic rings. The highest BCUT2D eigenvalue weighted by Gasteiger charge is 2.35. The van der Waals surface area contributed by atoms with Crippen LogP contribution in [-0.4, -0.2) is 6.61 Å². The van der Waals surface area contributed by atoms with E-state index in [1.165, 1.54) is 69.4 Å². The lowest BCUT2D eigenvalue weighted by atomic mass is 9.63. The topological polar surface area (TPSA) is 9.23 Å². The average Bonchev–Trinajstić information content (AvgIpc) is 2.77. The number of rotatable bonds is 7. The van der Waals surface area contributed by atoms with Gasteiger partial charge in [0.25, 0.3) is 0 Å². The minimum atomic E-state index is -0.171. The van der Waals surface area contributed by atoms with E-state index in [0.717, 1.165) is 28.5 Å². The van der Waals surface area contributed by atoms with E-state index in [2.05, 4.69) is 25.1 Å². The van der Waals surface area contributed by atoms with Crippen LogP contribution in [-0.2, 0) is 0 Å². The molecular weight excluding hydrogens is 371 g/mol. The van der Waals surface area contributed by atoms with Gasteiger partial charge in [0.1, 0.15) is 18.2 Å². The van der Waals surface area contributed by atoms with E-state index in [9.17, 15) is 4.39 Å². The van der Waals surface area contributed by atoms with E-state index in [-0.39, 0.29) is 5.82 Å². The van der Waals surface area contributed by atoms with Crippen LogP contribution < -0.4 is 4.74 Å². The molecule has 0 N–H and O–H groups in total. The minimum absolute atomic E-state index is 0.171. The molecule has 2 aliphatic carbocycles. The number of hydrogen-bond acceptors (Lipinski definition) is 1. The first-order valence-corrected chi connectivity index (χ1v) is 12.1. The van der Waals surface area contributed by atoms with Crippen LogP contribution in [0.1, 0.15) is 83.1 Å². The van der Waals surface area contributed by atoms with Gasteiger partial charge in [-0.1, -0.05) is 56.9 Å². The van der Waals surface area contributed by atoms with E-state index in [1.807, 2.05) is 25.1 Å². The molecule has 2 fully saturated rings. The van der Waals surface area contributed by atoms with E-state index < -0.39 is 0 Å². The van der Waals surface area contributed by atoms with Gasteiger partial charge in [-0.25, -0.2) is 4.39 Å². The van der Waals surface area contributed by atoms with Crippen molar-refractivity contribution >= 4 is 10.8 Å². The summed E-state index contributed by atoms with van der Waals surface area (Å²) in [4.78, 5) is 0. The highest BCUT2D eigenvalue weighted by molar-refractivity contribution is 5.85. The summed E-state index contributed by atoms with van der Waals surface area (Å²) in [5.41, 5.74) is 1.33. The maximum Gasteiger partial charge on any atom is 0.134 e. The van der Waals surface area contributed by atoms with E-state index in [0.29, 0.717) is 18.3 Å². The Balaban J connectivity index is 1.44. The molecule has 4 unspecified atom stereocenters. The first-order valence-electron chi connectivity index (χ1n) is 12.1. The summed E-state index contributed by atoms with van der Waals surface area (Å²) in [7, 11) is 0. The van der Waals surface area contributed by atoms with Crippen LogP contribution in [0, 0.1) is 23.6 Å². The monoisotopic (exact) mass is 408 g/mol. The van der Waals surface area contributed by atoms with E-state index in [4.69, 9.17) is 4.74 Å². The van der Waals surface area contributed by atoms with Crippen molar-refractivity contribution in [1.82, 2.24) is 0 Å². The van der Waals surface area contributed by atoms with Crippen molar-refractivity contribution in [2.75, 3.05) is 6.61 Å². The number of allylic oxidation sites excluding steroid dienone is 1. The van der Waals surface area contributed by atoms with Crippen LogP contribution in [0.3, 0.4) is 0 Å². The van der Waals surface area contributed by atoms with Gasteiger partial charge in [-0.05, 0) is 85.8 Å². The lowest BCUT2D eigenvalue weighted by Gasteiger charge is -2.42. The molecule has 0 saturated heterocycles. The third-order valence-electron chi connectivity index (χ3n) is 7.64. The summed E-state index contributed by atoms with van der Waals surface area (Å²) < 4.78 is 20.5. The molecule has 30 heavy (non-hydrogen) atoms. The molecule has 0 heterocycles. The van der Waals surface area contributed by atoms with Crippen LogP contribution in [0.5, 0.6) is 5.75 Å². The fraction of sp³-hybridized carbons (Fsp3) is 0.571. The van der Waals surface area contributed by atoms with Crippen molar-refractivity contribution in [2.45, 2.75) is 77.6 Å². The van der Waals surface area contributed by atoms with Gasteiger partial charge in [-0.15, -0.1) is 0 Å². The van der Waals surface area contributed by atoms with Crippen molar-refractivity contribution in [3.63, 3.8) is 0 Å². The molecule has 162 valence electrons. The number of halogens is 1. The summed E-state index contributed by atoms with van der Waals surface area (Å²) in [5, 5.41) is 1.66. The molecule has 4 rings (SSSR count). The fourth-order valence-corrected chi connectivity index (χ4v) is 5.93. The quantitative estimate of drug-likeness (QED) is 0.418. The zero-order chi connectivity index (χ0) is 20.9. The molecule has 0 aromatic heterocycles. The lowest BCUT2D eigenvalue weighted by molar-refractivity contribution is 0.113. The average molecular weight is 409 g/mol. The van der Waals surface area contributed by atoms with Crippen LogP contribution in [0.15, 0.2) is 42.5 Å². The number of unbranched alkanes of at least 4 members (excludes halogenated alkanes) is 1. The second kappa shape index (κ2) is 9.98. The zero-order valence-electron chi connectivity index (χ0n) is 18.7. The number of ether oxygens (including phenoxy) is 1. The fourth-order valence-electron chi connectivity index (χ4n) is 5.93. The Morgan fingerprint density at radius 2 is 1.87 bits per heavy atom. The molecule has 2 aromatic rings. The normalized spacial score (nSPS) is 26.8. The maximum absolute atomic E-state index is 14.8. The highest BCUT2D eigenvalue weighted by atomic mass is 19.1. The second-order valence-electron chi connectivity index (χ2n) is 9.62. The largest absolute Gasteiger partial charge is 0.489 e. The molecule has 2 saturated carbocycles. The lowest BCUT2D eigenvalue weighted by Crippen LogP contribution is -2.30. The van der Waals surface area contributed by atoms with Gasteiger partial charge in [0.2, 0.25) is 0 Å². The third-order valence-corrected chi connectivity index (χ3v) is 7.64. The Hall–Kier alpha value is -1.83. The standard InChI is InChI=1S/C28H37FO/c1-3-5-7-20-8-9-22-16-23(11-10-21(22)15-20)24-12-13-25-17-26(30-14-6-4-2)19-28(29)27(25)18-24/h4,6,12-13,17-23H,3,5,7-11,14-16H2,1-2H3/b6-4+. The first-order chi connectivity index (χ1) is 14.7. The Morgan fingerprint density at radius 1 is 1.03 bits per heavy atom. The minimum Gasteiger partial charge on any atom is -0.489 e. The van der Waals surface area contributed by atoms with Gasteiger partial charge in [-0.2, -0.15) is 0 Å². The number of fused-ring (bicyclic) bond motifs is 2. The van der Waals surface area contributed by atoms with Gasteiger partial charge in [0.05, 0.1) is 0 Å². The summed E-state index contributed by atoms with van der Waals surface area (Å²) in [6, 6.07) is 9.92. The van der Waals surface area contributed by atoms with Crippen LogP contribution in [0.4, 0.5) is 4.39 Å². The number of benzene rings is 2. The predicted molar refractivity (Wildman–Crippen MR) is 125 cm³/mol. The van der Waals surface area contributed by atoms with Gasteiger partial charge in [-0.3, -0.25) is 0 Å². The SMILES string of the molecule is C/C=C/COc1cc(F)c2cc(C3CCC4CC(CCCC)CCC4C3)ccc2c1. The van der Waals surface area contributed by atoms with Crippen LogP contribution in [0.2, 0.25) is 0 Å². The molecule has 0 aliphatic heterocycles. The molecule has 2 aromatic carbocycles. The highest BCUT2D eigenvalue weighted by Crippen LogP contribution is 2.48. The molecule has 4 atom stereocenters. The smallest absolute Gasteiger partial charge is 0.134 e. The Labute approximate surface area is 181 Å². The predicted octanol–water partition coefficient (Wildman–Crippen LogP) is 8.42. The van der Waals surface area contributed by atoms with Gasteiger partial charge in [0, 0.05) is 11.5 Å². The van der Waals surface area contributed by atoms with Crippen LogP contribution >= 0.6 is 0 Å². The molecule has 0 amide bonds. The molecule has 0 spiro atoms. The van der Waals surface area contributed by atoms with Crippen molar-refractivity contribution in [3.8, 4) is 5.75 Å². The van der Waals surface area contributed by atoms with Crippen LogP contribution in [0.25, 0.3) is 10.8 Å². The van der Waals surface area contributed by atoms with Crippen molar-refractivity contribution in [3.05, 3.63) is 53.9 Å². The molecular formula is C28H37FO. The van der Waals surface area contributed by atoms with Gasteiger partial charge in [0.15, 0.2) is 0 Å². The summed E-state index contributed by atoms with van der Waals surface area (Å²) in [5.74, 6) is 3.81. The van der Waals surface area contributed by atoms with Gasteiger partial charge >= 0.3 is 0 Å². The van der Waals surface area contributed by atoms with E-state index in [1.54, 1.807) is 0 Å². The summed E-state index contributed by atoms with van der Waals surface area (Å²) >= 11 is 0. The second-order valence-corrected chi connectivity index (χ2v) is 9.62. The Kier molecular flexibility index (Phi) is 7.12. The molecule has 2 heteroatoms. The van der Waals surface area contributed by atoms with Crippen molar-refractivity contribution in [2.24, 2.45) is 17.8 Å². The third kappa shape index (κ3) is 4.90. The maximum atomic E-state index is 14.8. The molecule has 0 radical (unpaired) electrons. The van der Waals surface area contributed by atoms with E-state index >= 15 is 0 Å². The summed E-state index contributed by atoms with van der Waals surface area (Å²) in [6.45, 7) is 4.74. The van der Waals surface area contributed by atoms with Crippen molar-refractivity contribution < 1.29 is 9.13 Å². The zero-order valence-corrected chi connectivity index (χ0v) is 18.7. The molecule has 1 nitrogen and oxygen atoms in total. The molecule has 0 bridgehead atoms. The van der Waals surface area contributed by atoms with Crippen molar-refractivity contribution in [1.29, 1.82) is 0 Å². The number of hydrogen-bond donors (Lipinski definition) is 0. The Morgan fingerprint density at radius 3 is 2.70 bits per heavy atom. The summed E-state index contributed by atoms with van der Waals surface area (Å²) in [6.07, 6.45) is 16.2.